The van der Waals surface area contributed by atoms with Crippen molar-refractivity contribution in [2.45, 2.75) is 151 Å². The fourth-order valence-electron chi connectivity index (χ4n) is 13.2. The van der Waals surface area contributed by atoms with Crippen molar-refractivity contribution in [1.29, 1.82) is 0 Å². The Morgan fingerprint density at radius 1 is 0.462 bits per heavy atom. The molecule has 394 valence electrons. The number of imidazole rings is 1. The molecule has 0 aliphatic carbocycles. The van der Waals surface area contributed by atoms with Crippen molar-refractivity contribution in [3.05, 3.63) is 185 Å². The Morgan fingerprint density at radius 3 is 1.67 bits per heavy atom. The predicted molar refractivity (Wildman–Crippen MR) is 337 cm³/mol. The van der Waals surface area contributed by atoms with E-state index in [0.29, 0.717) is 11.8 Å². The number of nitrogens with zero attached hydrogens (tertiary/aromatic N) is 4. The lowest BCUT2D eigenvalue weighted by atomic mass is 9.33. The number of para-hydroxylation sites is 3. The smallest absolute Gasteiger partial charge is 0.295 e. The van der Waals surface area contributed by atoms with Gasteiger partial charge in [-0.2, -0.15) is 4.57 Å². The summed E-state index contributed by atoms with van der Waals surface area (Å²) in [4.78, 5) is 2.60. The van der Waals surface area contributed by atoms with Gasteiger partial charge in [0.2, 0.25) is 0 Å². The van der Waals surface area contributed by atoms with Gasteiger partial charge in [-0.15, -0.1) is 0 Å². The van der Waals surface area contributed by atoms with Crippen molar-refractivity contribution in [3.8, 4) is 33.9 Å². The largest absolute Gasteiger partial charge is 0.311 e. The molecule has 0 N–H and O–H groups in total. The predicted octanol–water partition coefficient (Wildman–Crippen LogP) is 17.2. The molecule has 78 heavy (non-hydrogen) atoms. The van der Waals surface area contributed by atoms with Crippen LogP contribution in [0, 0.1) is 6.92 Å². The molecule has 8 aromatic carbocycles. The average molecular weight is 1020 g/mol. The lowest BCUT2D eigenvalue weighted by molar-refractivity contribution is -0.633. The van der Waals surface area contributed by atoms with Gasteiger partial charge in [0.1, 0.15) is 5.69 Å². The summed E-state index contributed by atoms with van der Waals surface area (Å²) in [7, 11) is 2.25. The highest BCUT2D eigenvalue weighted by Gasteiger charge is 2.44. The molecular formula is C73H80BN4+. The van der Waals surface area contributed by atoms with Gasteiger partial charge in [0.25, 0.3) is 12.5 Å². The molecule has 2 aliphatic heterocycles. The van der Waals surface area contributed by atoms with Crippen LogP contribution in [0.5, 0.6) is 0 Å². The van der Waals surface area contributed by atoms with Crippen molar-refractivity contribution in [2.75, 3.05) is 4.90 Å². The Labute approximate surface area is 465 Å². The van der Waals surface area contributed by atoms with Crippen molar-refractivity contribution in [2.24, 2.45) is 7.05 Å². The number of hydrogen-bond donors (Lipinski definition) is 0. The first kappa shape index (κ1) is 51.6. The first-order valence-corrected chi connectivity index (χ1v) is 28.8. The molecule has 2 aliphatic rings. The van der Waals surface area contributed by atoms with Crippen molar-refractivity contribution < 1.29 is 4.57 Å². The van der Waals surface area contributed by atoms with E-state index in [1.807, 2.05) is 0 Å². The molecule has 4 heterocycles. The molecule has 2 aromatic heterocycles. The third-order valence-corrected chi connectivity index (χ3v) is 17.7. The summed E-state index contributed by atoms with van der Waals surface area (Å²) in [6, 6.07) is 57.5. The number of aromatic nitrogens is 3. The molecule has 0 saturated heterocycles. The topological polar surface area (TPSA) is 17.0 Å². The van der Waals surface area contributed by atoms with Crippen molar-refractivity contribution in [1.82, 2.24) is 9.13 Å². The lowest BCUT2D eigenvalue weighted by Gasteiger charge is -2.41. The fraction of sp³-hybridized carbons (Fsp3) is 0.329. The number of rotatable bonds is 6. The third kappa shape index (κ3) is 8.03. The number of benzene rings is 8. The van der Waals surface area contributed by atoms with E-state index < -0.39 is 0 Å². The molecule has 0 spiro atoms. The minimum Gasteiger partial charge on any atom is -0.311 e. The second-order valence-corrected chi connectivity index (χ2v) is 27.9. The number of aryl methyl sites for hydroxylation is 2. The van der Waals surface area contributed by atoms with E-state index in [1.54, 1.807) is 0 Å². The van der Waals surface area contributed by atoms with E-state index in [0.717, 1.165) is 0 Å². The van der Waals surface area contributed by atoms with E-state index in [2.05, 4.69) is 289 Å². The number of anilines is 3. The van der Waals surface area contributed by atoms with E-state index in [-0.39, 0.29) is 28.4 Å². The van der Waals surface area contributed by atoms with Gasteiger partial charge in [0, 0.05) is 50.2 Å². The van der Waals surface area contributed by atoms with Gasteiger partial charge >= 0.3 is 0 Å². The Balaban J connectivity index is 1.17. The van der Waals surface area contributed by atoms with Gasteiger partial charge in [0.15, 0.2) is 11.0 Å². The van der Waals surface area contributed by atoms with Crippen LogP contribution in [0.25, 0.3) is 66.7 Å². The summed E-state index contributed by atoms with van der Waals surface area (Å²) in [5.74, 6) is 1.89. The molecule has 4 nitrogen and oxygen atoms in total. The van der Waals surface area contributed by atoms with Crippen LogP contribution >= 0.6 is 0 Å². The van der Waals surface area contributed by atoms with Gasteiger partial charge in [-0.1, -0.05) is 190 Å². The minimum atomic E-state index is -0.0662. The standard InChI is InChI=1S/C73H80BN4/c1-43(2)53-22-21-23-54(44(3)4)67(53)78-63-25-20-19-24-62(63)75(18)69(78)55-33-26-46(36-45(55)5)47-37-64-66-65(38-47)77-60-34-29-49(71(9,10)11)39-56(60)57-40-51(73(15,16)17)42-59(68(57)77)74(66)58-41-50(72(12,13)14)30-35-61(58)76(64)52-31-27-48(28-32-52)70(6,7)8/h19-44H,1-18H3/q+1. The quantitative estimate of drug-likeness (QED) is 0.120. The molecule has 10 aromatic rings. The second kappa shape index (κ2) is 17.7. The van der Waals surface area contributed by atoms with E-state index in [4.69, 9.17) is 0 Å². The first-order valence-electron chi connectivity index (χ1n) is 28.8. The van der Waals surface area contributed by atoms with Crippen LogP contribution in [0.3, 0.4) is 0 Å². The molecular weight excluding hydrogens is 944 g/mol. The van der Waals surface area contributed by atoms with Crippen LogP contribution in [0.2, 0.25) is 0 Å². The van der Waals surface area contributed by atoms with Gasteiger partial charge in [0.05, 0.1) is 18.1 Å². The summed E-state index contributed by atoms with van der Waals surface area (Å²) in [5.41, 5.74) is 28.3. The van der Waals surface area contributed by atoms with E-state index in [1.165, 1.54) is 139 Å². The Kier molecular flexibility index (Phi) is 11.7. The molecule has 5 heteroatoms. The fourth-order valence-corrected chi connectivity index (χ4v) is 13.2. The average Bonchev–Trinajstić information content (AvgIpc) is 3.08. The van der Waals surface area contributed by atoms with Crippen molar-refractivity contribution in [3.63, 3.8) is 0 Å². The van der Waals surface area contributed by atoms with Crippen LogP contribution in [0.4, 0.5) is 17.1 Å². The molecule has 0 unspecified atom stereocenters. The maximum Gasteiger partial charge on any atom is 0.295 e. The molecule has 0 atom stereocenters. The number of fused-ring (bicyclic) bond motifs is 8. The third-order valence-electron chi connectivity index (χ3n) is 17.7. The van der Waals surface area contributed by atoms with Crippen LogP contribution < -0.4 is 25.9 Å². The molecule has 12 rings (SSSR count). The van der Waals surface area contributed by atoms with Crippen molar-refractivity contribution >= 4 is 73.0 Å². The maximum atomic E-state index is 2.66. The molecule has 0 bridgehead atoms. The summed E-state index contributed by atoms with van der Waals surface area (Å²) < 4.78 is 7.66. The Hall–Kier alpha value is -7.11. The van der Waals surface area contributed by atoms with Crippen LogP contribution in [0.1, 0.15) is 162 Å². The van der Waals surface area contributed by atoms with Gasteiger partial charge in [-0.3, -0.25) is 0 Å². The molecule has 0 fully saturated rings. The second-order valence-electron chi connectivity index (χ2n) is 27.9. The highest BCUT2D eigenvalue weighted by Crippen LogP contribution is 2.47. The molecule has 0 amide bonds. The van der Waals surface area contributed by atoms with Crippen LogP contribution in [0.15, 0.2) is 146 Å². The summed E-state index contributed by atoms with van der Waals surface area (Å²) in [6.07, 6.45) is 0. The number of hydrogen-bond acceptors (Lipinski definition) is 1. The SMILES string of the molecule is Cc1cc(-c2cc3c4c(c2)-n2c5ccc(C(C)(C)C)cc5c5cc(C(C)(C)C)cc(c52)B4c2cc(C(C)(C)C)ccc2N3c2ccc(C(C)(C)C)cc2)ccc1-c1n(-c2c(C(C)C)cccc2C(C)C)c2ccccc2[n+]1C. The lowest BCUT2D eigenvalue weighted by Crippen LogP contribution is -2.60. The highest BCUT2D eigenvalue weighted by atomic mass is 15.2. The summed E-state index contributed by atoms with van der Waals surface area (Å²) >= 11 is 0. The minimum absolute atomic E-state index is 0.00521. The first-order chi connectivity index (χ1) is 36.7. The Bertz CT molecular complexity index is 4060. The maximum absolute atomic E-state index is 2.66. The van der Waals surface area contributed by atoms with Gasteiger partial charge in [-0.05, 0) is 162 Å². The molecule has 0 saturated carbocycles. The monoisotopic (exact) mass is 1020 g/mol. The summed E-state index contributed by atoms with van der Waals surface area (Å²) in [6.45, 7) is 39.8. The Morgan fingerprint density at radius 2 is 1.04 bits per heavy atom. The van der Waals surface area contributed by atoms with E-state index >= 15 is 0 Å². The van der Waals surface area contributed by atoms with Crippen LogP contribution in [-0.2, 0) is 28.7 Å². The normalized spacial score (nSPS) is 13.7. The zero-order valence-electron chi connectivity index (χ0n) is 49.9. The summed E-state index contributed by atoms with van der Waals surface area (Å²) in [5, 5.41) is 2.66. The zero-order valence-corrected chi connectivity index (χ0v) is 49.9. The molecule has 0 radical (unpaired) electrons. The highest BCUT2D eigenvalue weighted by molar-refractivity contribution is 7.00. The van der Waals surface area contributed by atoms with E-state index in [9.17, 15) is 0 Å². The van der Waals surface area contributed by atoms with Gasteiger partial charge in [-0.25, -0.2) is 4.57 Å². The van der Waals surface area contributed by atoms with Gasteiger partial charge < -0.3 is 9.47 Å². The zero-order chi connectivity index (χ0) is 55.4. The van der Waals surface area contributed by atoms with Crippen LogP contribution in [-0.4, -0.2) is 15.8 Å².